The second-order valence-electron chi connectivity index (χ2n) is 4.66. The molecule has 0 saturated heterocycles. The quantitative estimate of drug-likeness (QED) is 0.886. The zero-order chi connectivity index (χ0) is 13.8. The van der Waals surface area contributed by atoms with Crippen LogP contribution in [0.2, 0.25) is 0 Å². The molecule has 2 nitrogen and oxygen atoms in total. The summed E-state index contributed by atoms with van der Waals surface area (Å²) in [6.45, 7) is 4.20. The molecule has 1 heterocycles. The Morgan fingerprint density at radius 2 is 2.05 bits per heavy atom. The van der Waals surface area contributed by atoms with Crippen molar-refractivity contribution in [3.8, 4) is 6.07 Å². The van der Waals surface area contributed by atoms with Gasteiger partial charge in [-0.15, -0.1) is 11.3 Å². The van der Waals surface area contributed by atoms with Crippen molar-refractivity contribution >= 4 is 17.0 Å². The first-order chi connectivity index (χ1) is 9.13. The number of hydrogen-bond acceptors (Lipinski definition) is 3. The lowest BCUT2D eigenvalue weighted by Gasteiger charge is -2.23. The number of anilines is 1. The van der Waals surface area contributed by atoms with Gasteiger partial charge in [0.15, 0.2) is 0 Å². The van der Waals surface area contributed by atoms with Crippen LogP contribution >= 0.6 is 11.3 Å². The topological polar surface area (TPSA) is 35.8 Å². The lowest BCUT2D eigenvalue weighted by atomic mass is 10.0. The molecule has 0 aliphatic heterocycles. The molecule has 0 amide bonds. The first-order valence-corrected chi connectivity index (χ1v) is 7.00. The van der Waals surface area contributed by atoms with E-state index in [4.69, 9.17) is 5.26 Å². The average Bonchev–Trinajstić information content (AvgIpc) is 2.89. The molecule has 0 spiro atoms. The largest absolute Gasteiger partial charge is 0.376 e. The van der Waals surface area contributed by atoms with Gasteiger partial charge < -0.3 is 5.32 Å². The van der Waals surface area contributed by atoms with E-state index in [1.54, 1.807) is 23.5 Å². The van der Waals surface area contributed by atoms with Gasteiger partial charge in [0.25, 0.3) is 0 Å². The van der Waals surface area contributed by atoms with Gasteiger partial charge in [-0.3, -0.25) is 0 Å². The van der Waals surface area contributed by atoms with Crippen molar-refractivity contribution in [2.24, 2.45) is 5.92 Å². The molecule has 0 saturated carbocycles. The third-order valence-corrected chi connectivity index (χ3v) is 3.91. The molecule has 0 fully saturated rings. The van der Waals surface area contributed by atoms with E-state index in [-0.39, 0.29) is 11.6 Å². The van der Waals surface area contributed by atoms with E-state index < -0.39 is 5.82 Å². The van der Waals surface area contributed by atoms with E-state index in [0.717, 1.165) is 0 Å². The van der Waals surface area contributed by atoms with Crippen molar-refractivity contribution < 1.29 is 4.39 Å². The van der Waals surface area contributed by atoms with Crippen LogP contribution in [0.15, 0.2) is 35.7 Å². The molecule has 1 unspecified atom stereocenters. The lowest BCUT2D eigenvalue weighted by Crippen LogP contribution is -2.16. The van der Waals surface area contributed by atoms with Crippen LogP contribution in [0.1, 0.15) is 30.3 Å². The molecule has 19 heavy (non-hydrogen) atoms. The Bertz CT molecular complexity index is 585. The SMILES string of the molecule is CC(C)C(Nc1cccc(F)c1C#N)c1cccs1. The number of rotatable bonds is 4. The first-order valence-electron chi connectivity index (χ1n) is 6.12. The highest BCUT2D eigenvalue weighted by molar-refractivity contribution is 7.10. The molecule has 0 aliphatic carbocycles. The van der Waals surface area contributed by atoms with Gasteiger partial charge in [0, 0.05) is 4.88 Å². The summed E-state index contributed by atoms with van der Waals surface area (Å²) >= 11 is 1.66. The van der Waals surface area contributed by atoms with Gasteiger partial charge in [0.1, 0.15) is 17.4 Å². The number of nitriles is 1. The van der Waals surface area contributed by atoms with Crippen LogP contribution in [0, 0.1) is 23.1 Å². The number of halogens is 1. The molecule has 4 heteroatoms. The average molecular weight is 274 g/mol. The van der Waals surface area contributed by atoms with Gasteiger partial charge in [-0.2, -0.15) is 5.26 Å². The van der Waals surface area contributed by atoms with Crippen molar-refractivity contribution in [1.29, 1.82) is 5.26 Å². The fourth-order valence-electron chi connectivity index (χ4n) is 1.96. The van der Waals surface area contributed by atoms with Crippen LogP contribution in [0.5, 0.6) is 0 Å². The Kier molecular flexibility index (Phi) is 4.18. The zero-order valence-corrected chi connectivity index (χ0v) is 11.7. The Labute approximate surface area is 116 Å². The van der Waals surface area contributed by atoms with Gasteiger partial charge in [0.05, 0.1) is 11.7 Å². The molecule has 98 valence electrons. The first kappa shape index (κ1) is 13.6. The fraction of sp³-hybridized carbons (Fsp3) is 0.267. The Hall–Kier alpha value is -1.86. The lowest BCUT2D eigenvalue weighted by molar-refractivity contribution is 0.552. The predicted octanol–water partition coefficient (Wildman–Crippen LogP) is 4.57. The Morgan fingerprint density at radius 3 is 2.63 bits per heavy atom. The van der Waals surface area contributed by atoms with Crippen molar-refractivity contribution in [3.05, 3.63) is 52.0 Å². The standard InChI is InChI=1S/C15H15FN2S/c1-10(2)15(14-7-4-8-19-14)18-13-6-3-5-12(16)11(13)9-17/h3-8,10,15,18H,1-2H3. The van der Waals surface area contributed by atoms with Crippen LogP contribution < -0.4 is 5.32 Å². The van der Waals surface area contributed by atoms with Crippen molar-refractivity contribution in [1.82, 2.24) is 0 Å². The van der Waals surface area contributed by atoms with Gasteiger partial charge in [-0.1, -0.05) is 26.0 Å². The number of nitrogens with zero attached hydrogens (tertiary/aromatic N) is 1. The summed E-state index contributed by atoms with van der Waals surface area (Å²) in [6.07, 6.45) is 0. The molecule has 1 N–H and O–H groups in total. The normalized spacial score (nSPS) is 12.2. The summed E-state index contributed by atoms with van der Waals surface area (Å²) in [6, 6.07) is 10.7. The zero-order valence-electron chi connectivity index (χ0n) is 10.9. The van der Waals surface area contributed by atoms with E-state index in [1.165, 1.54) is 10.9 Å². The van der Waals surface area contributed by atoms with E-state index in [0.29, 0.717) is 11.6 Å². The molecular formula is C15H15FN2S. The third kappa shape index (κ3) is 2.94. The number of hydrogen-bond donors (Lipinski definition) is 1. The second-order valence-corrected chi connectivity index (χ2v) is 5.63. The molecule has 2 aromatic rings. The summed E-state index contributed by atoms with van der Waals surface area (Å²) < 4.78 is 13.6. The van der Waals surface area contributed by atoms with Crippen LogP contribution in [-0.4, -0.2) is 0 Å². The summed E-state index contributed by atoms with van der Waals surface area (Å²) in [5.74, 6) is -0.144. The molecule has 1 aromatic heterocycles. The number of benzene rings is 1. The summed E-state index contributed by atoms with van der Waals surface area (Å²) in [7, 11) is 0. The Balaban J connectivity index is 2.34. The molecular weight excluding hydrogens is 259 g/mol. The molecule has 2 rings (SSSR count). The van der Waals surface area contributed by atoms with Crippen LogP contribution in [0.25, 0.3) is 0 Å². The molecule has 1 aromatic carbocycles. The third-order valence-electron chi connectivity index (χ3n) is 2.95. The maximum Gasteiger partial charge on any atom is 0.143 e. The Morgan fingerprint density at radius 1 is 1.26 bits per heavy atom. The molecule has 0 bridgehead atoms. The monoisotopic (exact) mass is 274 g/mol. The highest BCUT2D eigenvalue weighted by atomic mass is 32.1. The van der Waals surface area contributed by atoms with Crippen molar-refractivity contribution in [3.63, 3.8) is 0 Å². The van der Waals surface area contributed by atoms with Crippen LogP contribution in [-0.2, 0) is 0 Å². The smallest absolute Gasteiger partial charge is 0.143 e. The predicted molar refractivity (Wildman–Crippen MR) is 76.6 cm³/mol. The van der Waals surface area contributed by atoms with E-state index in [2.05, 4.69) is 19.2 Å². The van der Waals surface area contributed by atoms with Crippen molar-refractivity contribution in [2.75, 3.05) is 5.32 Å². The highest BCUT2D eigenvalue weighted by Crippen LogP contribution is 2.31. The summed E-state index contributed by atoms with van der Waals surface area (Å²) in [5.41, 5.74) is 0.624. The minimum atomic E-state index is -0.485. The van der Waals surface area contributed by atoms with Crippen LogP contribution in [0.3, 0.4) is 0 Å². The number of nitrogens with one attached hydrogen (secondary N) is 1. The maximum atomic E-state index is 13.6. The summed E-state index contributed by atoms with van der Waals surface area (Å²) in [4.78, 5) is 1.18. The van der Waals surface area contributed by atoms with E-state index in [1.807, 2.05) is 23.6 Å². The minimum absolute atomic E-state index is 0.0738. The molecule has 1 atom stereocenters. The van der Waals surface area contributed by atoms with Gasteiger partial charge >= 0.3 is 0 Å². The molecule has 0 aliphatic rings. The molecule has 0 radical (unpaired) electrons. The van der Waals surface area contributed by atoms with E-state index >= 15 is 0 Å². The summed E-state index contributed by atoms with van der Waals surface area (Å²) in [5, 5.41) is 14.4. The minimum Gasteiger partial charge on any atom is -0.376 e. The van der Waals surface area contributed by atoms with E-state index in [9.17, 15) is 4.39 Å². The highest BCUT2D eigenvalue weighted by Gasteiger charge is 2.18. The van der Waals surface area contributed by atoms with Crippen LogP contribution in [0.4, 0.5) is 10.1 Å². The van der Waals surface area contributed by atoms with Gasteiger partial charge in [-0.25, -0.2) is 4.39 Å². The second kappa shape index (κ2) is 5.85. The van der Waals surface area contributed by atoms with Gasteiger partial charge in [0.2, 0.25) is 0 Å². The maximum absolute atomic E-state index is 13.6. The fourth-order valence-corrected chi connectivity index (χ4v) is 2.91. The van der Waals surface area contributed by atoms with Crippen molar-refractivity contribution in [2.45, 2.75) is 19.9 Å². The van der Waals surface area contributed by atoms with Gasteiger partial charge in [-0.05, 0) is 29.5 Å². The number of thiophene rings is 1.